The summed E-state index contributed by atoms with van der Waals surface area (Å²) in [5.74, 6) is 2.52. The van der Waals surface area contributed by atoms with E-state index in [1.807, 2.05) is 11.8 Å². The normalized spacial score (nSPS) is 21.3. The predicted octanol–water partition coefficient (Wildman–Crippen LogP) is 2.32. The van der Waals surface area contributed by atoms with Crippen molar-refractivity contribution in [2.75, 3.05) is 23.1 Å². The number of hydrogen-bond donors (Lipinski definition) is 0. The number of carbonyl (C=O) groups is 1. The quantitative estimate of drug-likeness (QED) is 0.783. The first-order valence-corrected chi connectivity index (χ1v) is 8.60. The van der Waals surface area contributed by atoms with E-state index in [2.05, 4.69) is 10.1 Å². The molecule has 1 aromatic heterocycles. The summed E-state index contributed by atoms with van der Waals surface area (Å²) in [5.41, 5.74) is 0. The Hall–Kier alpha value is -1.47. The summed E-state index contributed by atoms with van der Waals surface area (Å²) in [7, 11) is 0. The second-order valence-electron chi connectivity index (χ2n) is 4.90. The Labute approximate surface area is 137 Å². The second kappa shape index (κ2) is 6.75. The van der Waals surface area contributed by atoms with Crippen LogP contribution in [0.4, 0.5) is 5.82 Å². The minimum atomic E-state index is -0.588. The maximum atomic E-state index is 12.2. The number of carbonyl (C=O) groups excluding carboxylic acids is 1. The number of thioether (sulfide) groups is 1. The van der Waals surface area contributed by atoms with E-state index >= 15 is 0 Å². The van der Waals surface area contributed by atoms with Gasteiger partial charge in [0.05, 0.1) is 18.1 Å². The largest absolute Gasteiger partial charge is 0.475 e. The lowest BCUT2D eigenvalue weighted by Gasteiger charge is -2.25. The van der Waals surface area contributed by atoms with Crippen LogP contribution in [0.5, 0.6) is 0 Å². The van der Waals surface area contributed by atoms with Gasteiger partial charge in [-0.15, -0.1) is 5.10 Å². The summed E-state index contributed by atoms with van der Waals surface area (Å²) in [6.45, 7) is 2.09. The molecule has 1 saturated heterocycles. The topological polar surface area (TPSA) is 64.0 Å². The molecule has 3 heterocycles. The lowest BCUT2D eigenvalue weighted by atomic mass is 10.2. The molecule has 0 N–H and O–H groups in total. The van der Waals surface area contributed by atoms with Crippen LogP contribution in [0, 0.1) is 0 Å². The van der Waals surface area contributed by atoms with Crippen molar-refractivity contribution in [3.8, 4) is 0 Å². The van der Waals surface area contributed by atoms with E-state index in [9.17, 15) is 4.79 Å². The van der Waals surface area contributed by atoms with Gasteiger partial charge in [0, 0.05) is 17.7 Å². The van der Waals surface area contributed by atoms with Crippen molar-refractivity contribution >= 4 is 41.0 Å². The number of esters is 1. The lowest BCUT2D eigenvalue weighted by molar-refractivity contribution is -0.144. The minimum Gasteiger partial charge on any atom is -0.475 e. The molecule has 0 aromatic carbocycles. The van der Waals surface area contributed by atoms with Gasteiger partial charge in [-0.2, -0.15) is 11.8 Å². The standard InChI is InChI=1S/C14H16ClN3O3S/c1-2-20-14(19)11-6-12(21-9-7-22-8-9)17-18(11)13-10(15)4-3-5-16-13/h3-5,9,11H,2,6-8H2,1H3. The number of hydrogen-bond acceptors (Lipinski definition) is 7. The highest BCUT2D eigenvalue weighted by Gasteiger charge is 2.38. The fourth-order valence-electron chi connectivity index (χ4n) is 2.19. The monoisotopic (exact) mass is 341 g/mol. The molecule has 1 fully saturated rings. The van der Waals surface area contributed by atoms with E-state index in [4.69, 9.17) is 21.1 Å². The van der Waals surface area contributed by atoms with Crippen LogP contribution in [-0.2, 0) is 14.3 Å². The van der Waals surface area contributed by atoms with Gasteiger partial charge in [-0.1, -0.05) is 11.6 Å². The van der Waals surface area contributed by atoms with E-state index in [1.165, 1.54) is 5.01 Å². The molecule has 0 spiro atoms. The van der Waals surface area contributed by atoms with Gasteiger partial charge in [-0.25, -0.2) is 14.8 Å². The fourth-order valence-corrected chi connectivity index (χ4v) is 2.96. The first-order chi connectivity index (χ1) is 10.7. The molecule has 6 nitrogen and oxygen atoms in total. The van der Waals surface area contributed by atoms with E-state index in [0.29, 0.717) is 29.8 Å². The smallest absolute Gasteiger partial charge is 0.331 e. The Balaban J connectivity index is 1.83. The van der Waals surface area contributed by atoms with E-state index in [1.54, 1.807) is 25.3 Å². The molecule has 1 atom stereocenters. The number of pyridine rings is 1. The summed E-state index contributed by atoms with van der Waals surface area (Å²) < 4.78 is 10.9. The molecule has 3 rings (SSSR count). The number of aromatic nitrogens is 1. The van der Waals surface area contributed by atoms with Crippen LogP contribution in [0.3, 0.4) is 0 Å². The number of anilines is 1. The number of nitrogens with zero attached hydrogens (tertiary/aromatic N) is 3. The first-order valence-electron chi connectivity index (χ1n) is 7.07. The maximum Gasteiger partial charge on any atom is 0.331 e. The van der Waals surface area contributed by atoms with Gasteiger partial charge < -0.3 is 9.47 Å². The van der Waals surface area contributed by atoms with Crippen LogP contribution in [0.25, 0.3) is 0 Å². The lowest BCUT2D eigenvalue weighted by Crippen LogP contribution is -2.37. The van der Waals surface area contributed by atoms with Crippen molar-refractivity contribution in [1.82, 2.24) is 4.98 Å². The Kier molecular flexibility index (Phi) is 4.73. The Morgan fingerprint density at radius 1 is 1.55 bits per heavy atom. The molecule has 1 unspecified atom stereocenters. The number of hydrazone groups is 1. The van der Waals surface area contributed by atoms with Crippen LogP contribution < -0.4 is 5.01 Å². The molecule has 1 aromatic rings. The van der Waals surface area contributed by atoms with Gasteiger partial charge in [0.2, 0.25) is 5.90 Å². The van der Waals surface area contributed by atoms with Gasteiger partial charge in [-0.05, 0) is 19.1 Å². The van der Waals surface area contributed by atoms with Gasteiger partial charge >= 0.3 is 5.97 Å². The predicted molar refractivity (Wildman–Crippen MR) is 86.4 cm³/mol. The number of rotatable bonds is 4. The zero-order valence-electron chi connectivity index (χ0n) is 12.1. The molecule has 0 radical (unpaired) electrons. The van der Waals surface area contributed by atoms with E-state index < -0.39 is 6.04 Å². The number of ether oxygens (including phenoxy) is 2. The van der Waals surface area contributed by atoms with E-state index in [0.717, 1.165) is 11.5 Å². The summed E-state index contributed by atoms with van der Waals surface area (Å²) in [5, 5.41) is 6.33. The molecule has 0 aliphatic carbocycles. The van der Waals surface area contributed by atoms with Crippen LogP contribution in [-0.4, -0.2) is 47.1 Å². The summed E-state index contributed by atoms with van der Waals surface area (Å²) in [6, 6.07) is 2.85. The molecule has 2 aliphatic rings. The van der Waals surface area contributed by atoms with Crippen molar-refractivity contribution in [2.24, 2.45) is 5.10 Å². The van der Waals surface area contributed by atoms with Crippen LogP contribution in [0.15, 0.2) is 23.4 Å². The van der Waals surface area contributed by atoms with Gasteiger partial charge in [-0.3, -0.25) is 0 Å². The van der Waals surface area contributed by atoms with Crippen molar-refractivity contribution in [1.29, 1.82) is 0 Å². The second-order valence-corrected chi connectivity index (χ2v) is 6.38. The van der Waals surface area contributed by atoms with Crippen LogP contribution >= 0.6 is 23.4 Å². The fraction of sp³-hybridized carbons (Fsp3) is 0.500. The third kappa shape index (κ3) is 3.15. The molecule has 0 amide bonds. The molecule has 0 bridgehead atoms. The third-order valence-corrected chi connectivity index (χ3v) is 4.82. The zero-order chi connectivity index (χ0) is 15.5. The summed E-state index contributed by atoms with van der Waals surface area (Å²) in [4.78, 5) is 16.4. The minimum absolute atomic E-state index is 0.172. The maximum absolute atomic E-state index is 12.2. The zero-order valence-corrected chi connectivity index (χ0v) is 13.6. The summed E-state index contributed by atoms with van der Waals surface area (Å²) >= 11 is 8.00. The SMILES string of the molecule is CCOC(=O)C1CC(OC2CSC2)=NN1c1ncccc1Cl. The highest BCUT2D eigenvalue weighted by atomic mass is 35.5. The highest BCUT2D eigenvalue weighted by Crippen LogP contribution is 2.31. The van der Waals surface area contributed by atoms with Crippen molar-refractivity contribution in [3.63, 3.8) is 0 Å². The van der Waals surface area contributed by atoms with Crippen molar-refractivity contribution in [3.05, 3.63) is 23.4 Å². The molecule has 8 heteroatoms. The number of halogens is 1. The van der Waals surface area contributed by atoms with Crippen molar-refractivity contribution in [2.45, 2.75) is 25.5 Å². The average Bonchev–Trinajstić information content (AvgIpc) is 2.88. The van der Waals surface area contributed by atoms with Gasteiger partial charge in [0.15, 0.2) is 11.9 Å². The molecular weight excluding hydrogens is 326 g/mol. The Morgan fingerprint density at radius 3 is 3.00 bits per heavy atom. The molecular formula is C14H16ClN3O3S. The van der Waals surface area contributed by atoms with E-state index in [-0.39, 0.29) is 12.1 Å². The van der Waals surface area contributed by atoms with Gasteiger partial charge in [0.1, 0.15) is 6.10 Å². The van der Waals surface area contributed by atoms with Crippen LogP contribution in [0.2, 0.25) is 5.02 Å². The average molecular weight is 342 g/mol. The molecule has 22 heavy (non-hydrogen) atoms. The Morgan fingerprint density at radius 2 is 2.36 bits per heavy atom. The molecule has 0 saturated carbocycles. The van der Waals surface area contributed by atoms with Crippen molar-refractivity contribution < 1.29 is 14.3 Å². The third-order valence-electron chi connectivity index (χ3n) is 3.31. The Bertz CT molecular complexity index is 594. The first kappa shape index (κ1) is 15.4. The van der Waals surface area contributed by atoms with Crippen LogP contribution in [0.1, 0.15) is 13.3 Å². The molecule has 2 aliphatic heterocycles. The highest BCUT2D eigenvalue weighted by molar-refractivity contribution is 8.00. The summed E-state index contributed by atoms with van der Waals surface area (Å²) in [6.07, 6.45) is 2.15. The molecule has 118 valence electrons. The van der Waals surface area contributed by atoms with Gasteiger partial charge in [0.25, 0.3) is 0 Å².